The molecule has 1 rings (SSSR count). The largest absolute Gasteiger partial charge is 0.466 e. The SMILES string of the molecule is CCOC(=O)CCC(=O)c1c[nH]c(C(=O)OCC)c1. The highest BCUT2D eigenvalue weighted by Crippen LogP contribution is 2.09. The Kier molecular flexibility index (Phi) is 5.78. The molecule has 1 N–H and O–H groups in total. The van der Waals surface area contributed by atoms with E-state index in [-0.39, 0.29) is 30.9 Å². The third-order valence-corrected chi connectivity index (χ3v) is 2.36. The van der Waals surface area contributed by atoms with Crippen LogP contribution in [0, 0.1) is 0 Å². The average molecular weight is 267 g/mol. The van der Waals surface area contributed by atoms with Gasteiger partial charge in [-0.25, -0.2) is 4.79 Å². The van der Waals surface area contributed by atoms with Crippen molar-refractivity contribution < 1.29 is 23.9 Å². The average Bonchev–Trinajstić information content (AvgIpc) is 2.86. The first-order chi connectivity index (χ1) is 9.08. The van der Waals surface area contributed by atoms with Crippen LogP contribution in [0.4, 0.5) is 0 Å². The summed E-state index contributed by atoms with van der Waals surface area (Å²) in [7, 11) is 0. The van der Waals surface area contributed by atoms with Gasteiger partial charge in [-0.05, 0) is 19.9 Å². The summed E-state index contributed by atoms with van der Waals surface area (Å²) in [5, 5.41) is 0. The molecule has 0 aliphatic rings. The molecule has 104 valence electrons. The number of Topliss-reactive ketones (excluding diaryl/α,β-unsaturated/α-hetero) is 1. The summed E-state index contributed by atoms with van der Waals surface area (Å²) in [6.45, 7) is 3.97. The second-order valence-electron chi connectivity index (χ2n) is 3.75. The van der Waals surface area contributed by atoms with Crippen LogP contribution in [0.15, 0.2) is 12.3 Å². The smallest absolute Gasteiger partial charge is 0.354 e. The molecule has 0 radical (unpaired) electrons. The second-order valence-corrected chi connectivity index (χ2v) is 3.75. The molecule has 0 atom stereocenters. The summed E-state index contributed by atoms with van der Waals surface area (Å²) in [6, 6.07) is 1.42. The molecule has 1 aromatic heterocycles. The van der Waals surface area contributed by atoms with Crippen molar-refractivity contribution >= 4 is 17.7 Å². The van der Waals surface area contributed by atoms with Crippen LogP contribution in [0.3, 0.4) is 0 Å². The molecule has 1 heterocycles. The fourth-order valence-electron chi connectivity index (χ4n) is 1.48. The van der Waals surface area contributed by atoms with Crippen molar-refractivity contribution in [3.05, 3.63) is 23.5 Å². The lowest BCUT2D eigenvalue weighted by Gasteiger charge is -2.00. The van der Waals surface area contributed by atoms with Gasteiger partial charge in [-0.15, -0.1) is 0 Å². The molecular weight excluding hydrogens is 250 g/mol. The number of rotatable bonds is 7. The first-order valence-corrected chi connectivity index (χ1v) is 6.12. The molecule has 0 aliphatic heterocycles. The number of esters is 2. The topological polar surface area (TPSA) is 85.5 Å². The normalized spacial score (nSPS) is 10.0. The van der Waals surface area contributed by atoms with Gasteiger partial charge >= 0.3 is 11.9 Å². The van der Waals surface area contributed by atoms with Gasteiger partial charge < -0.3 is 14.5 Å². The van der Waals surface area contributed by atoms with E-state index in [0.717, 1.165) is 0 Å². The first kappa shape index (κ1) is 14.9. The Morgan fingerprint density at radius 3 is 2.42 bits per heavy atom. The van der Waals surface area contributed by atoms with Gasteiger partial charge in [0.1, 0.15) is 5.69 Å². The van der Waals surface area contributed by atoms with Gasteiger partial charge in [-0.2, -0.15) is 0 Å². The lowest BCUT2D eigenvalue weighted by atomic mass is 10.1. The molecule has 0 fully saturated rings. The summed E-state index contributed by atoms with van der Waals surface area (Å²) < 4.78 is 9.53. The maximum Gasteiger partial charge on any atom is 0.354 e. The van der Waals surface area contributed by atoms with E-state index >= 15 is 0 Å². The molecule has 0 aromatic carbocycles. The Balaban J connectivity index is 2.54. The number of nitrogens with one attached hydrogen (secondary N) is 1. The molecular formula is C13H17NO5. The fraction of sp³-hybridized carbons (Fsp3) is 0.462. The van der Waals surface area contributed by atoms with Crippen LogP contribution in [0.1, 0.15) is 47.5 Å². The fourth-order valence-corrected chi connectivity index (χ4v) is 1.48. The third-order valence-electron chi connectivity index (χ3n) is 2.36. The molecule has 6 nitrogen and oxygen atoms in total. The highest BCUT2D eigenvalue weighted by molar-refractivity contribution is 5.99. The number of carbonyl (C=O) groups is 3. The minimum atomic E-state index is -0.507. The van der Waals surface area contributed by atoms with Gasteiger partial charge in [0.2, 0.25) is 0 Å². The predicted octanol–water partition coefficient (Wildman–Crippen LogP) is 1.72. The van der Waals surface area contributed by atoms with Crippen molar-refractivity contribution in [3.63, 3.8) is 0 Å². The first-order valence-electron chi connectivity index (χ1n) is 6.12. The predicted molar refractivity (Wildman–Crippen MR) is 66.9 cm³/mol. The van der Waals surface area contributed by atoms with E-state index in [1.807, 2.05) is 0 Å². The number of H-pyrrole nitrogens is 1. The van der Waals surface area contributed by atoms with Crippen molar-refractivity contribution in [3.8, 4) is 0 Å². The van der Waals surface area contributed by atoms with Gasteiger partial charge in [0.15, 0.2) is 5.78 Å². The lowest BCUT2D eigenvalue weighted by molar-refractivity contribution is -0.143. The van der Waals surface area contributed by atoms with Crippen molar-refractivity contribution in [1.82, 2.24) is 4.98 Å². The molecule has 0 aliphatic carbocycles. The summed E-state index contributed by atoms with van der Waals surface area (Å²) >= 11 is 0. The zero-order chi connectivity index (χ0) is 14.3. The van der Waals surface area contributed by atoms with Crippen molar-refractivity contribution in [2.75, 3.05) is 13.2 Å². The summed E-state index contributed by atoms with van der Waals surface area (Å²) in [4.78, 5) is 37.0. The van der Waals surface area contributed by atoms with Gasteiger partial charge in [-0.3, -0.25) is 9.59 Å². The van der Waals surface area contributed by atoms with Crippen LogP contribution in [0.25, 0.3) is 0 Å². The van der Waals surface area contributed by atoms with Crippen LogP contribution in [-0.4, -0.2) is 35.9 Å². The molecule has 0 unspecified atom stereocenters. The van der Waals surface area contributed by atoms with E-state index in [4.69, 9.17) is 9.47 Å². The van der Waals surface area contributed by atoms with Gasteiger partial charge in [0.25, 0.3) is 0 Å². The van der Waals surface area contributed by atoms with Crippen molar-refractivity contribution in [2.24, 2.45) is 0 Å². The van der Waals surface area contributed by atoms with E-state index in [9.17, 15) is 14.4 Å². The number of carbonyl (C=O) groups excluding carboxylic acids is 3. The number of aromatic amines is 1. The van der Waals surface area contributed by atoms with Crippen LogP contribution in [0.2, 0.25) is 0 Å². The zero-order valence-electron chi connectivity index (χ0n) is 11.0. The number of hydrogen-bond acceptors (Lipinski definition) is 5. The van der Waals surface area contributed by atoms with E-state index in [1.54, 1.807) is 13.8 Å². The molecule has 0 saturated carbocycles. The maximum atomic E-state index is 11.8. The van der Waals surface area contributed by atoms with Gasteiger partial charge in [-0.1, -0.05) is 0 Å². The maximum absolute atomic E-state index is 11.8. The number of ether oxygens (including phenoxy) is 2. The second kappa shape index (κ2) is 7.35. The van der Waals surface area contributed by atoms with E-state index in [2.05, 4.69) is 4.98 Å². The summed E-state index contributed by atoms with van der Waals surface area (Å²) in [6.07, 6.45) is 1.52. The van der Waals surface area contributed by atoms with Crippen LogP contribution in [0.5, 0.6) is 0 Å². The molecule has 0 amide bonds. The van der Waals surface area contributed by atoms with E-state index in [1.165, 1.54) is 12.3 Å². The quantitative estimate of drug-likeness (QED) is 0.600. The minimum absolute atomic E-state index is 0.0343. The van der Waals surface area contributed by atoms with Crippen molar-refractivity contribution in [2.45, 2.75) is 26.7 Å². The summed E-state index contributed by atoms with van der Waals surface area (Å²) in [5.41, 5.74) is 0.577. The Morgan fingerprint density at radius 1 is 1.11 bits per heavy atom. The molecule has 0 saturated heterocycles. The summed E-state index contributed by atoms with van der Waals surface area (Å²) in [5.74, 6) is -1.14. The highest BCUT2D eigenvalue weighted by Gasteiger charge is 2.15. The van der Waals surface area contributed by atoms with E-state index < -0.39 is 11.9 Å². The molecule has 0 bridgehead atoms. The van der Waals surface area contributed by atoms with Crippen molar-refractivity contribution in [1.29, 1.82) is 0 Å². The molecule has 0 spiro atoms. The molecule has 19 heavy (non-hydrogen) atoms. The van der Waals surface area contributed by atoms with Crippen LogP contribution < -0.4 is 0 Å². The standard InChI is InChI=1S/C13H17NO5/c1-3-18-12(16)6-5-11(15)9-7-10(14-8-9)13(17)19-4-2/h7-8,14H,3-6H2,1-2H3. The minimum Gasteiger partial charge on any atom is -0.466 e. The Labute approximate surface area is 111 Å². The zero-order valence-corrected chi connectivity index (χ0v) is 11.0. The third kappa shape index (κ3) is 4.57. The van der Waals surface area contributed by atoms with Gasteiger partial charge in [0.05, 0.1) is 19.6 Å². The van der Waals surface area contributed by atoms with Crippen LogP contribution >= 0.6 is 0 Å². The van der Waals surface area contributed by atoms with Gasteiger partial charge in [0, 0.05) is 18.2 Å². The molecule has 6 heteroatoms. The number of aromatic nitrogens is 1. The molecule has 1 aromatic rings. The van der Waals surface area contributed by atoms with E-state index in [0.29, 0.717) is 12.2 Å². The highest BCUT2D eigenvalue weighted by atomic mass is 16.5. The number of ketones is 1. The monoisotopic (exact) mass is 267 g/mol. The number of hydrogen-bond donors (Lipinski definition) is 1. The van der Waals surface area contributed by atoms with Crippen LogP contribution in [-0.2, 0) is 14.3 Å². The Morgan fingerprint density at radius 2 is 1.79 bits per heavy atom. The Hall–Kier alpha value is -2.11. The Bertz CT molecular complexity index is 463. The lowest BCUT2D eigenvalue weighted by Crippen LogP contribution is -2.07.